The van der Waals surface area contributed by atoms with Crippen molar-refractivity contribution < 1.29 is 4.79 Å². The molecule has 3 N–H and O–H groups in total. The van der Waals surface area contributed by atoms with E-state index < -0.39 is 5.91 Å². The van der Waals surface area contributed by atoms with Crippen molar-refractivity contribution in [3.63, 3.8) is 0 Å². The number of fused-ring (bicyclic) bond motifs is 2. The maximum absolute atomic E-state index is 13.8. The molecule has 0 unspecified atom stereocenters. The molecule has 38 heavy (non-hydrogen) atoms. The predicted octanol–water partition coefficient (Wildman–Crippen LogP) is 4.86. The van der Waals surface area contributed by atoms with Crippen molar-refractivity contribution in [2.75, 3.05) is 11.1 Å². The summed E-state index contributed by atoms with van der Waals surface area (Å²) in [5.41, 5.74) is 10.5. The highest BCUT2D eigenvalue weighted by Crippen LogP contribution is 2.32. The first kappa shape index (κ1) is 23.5. The van der Waals surface area contributed by atoms with Crippen molar-refractivity contribution in [2.24, 2.45) is 7.05 Å². The van der Waals surface area contributed by atoms with Crippen molar-refractivity contribution >= 4 is 51.2 Å². The van der Waals surface area contributed by atoms with Gasteiger partial charge in [-0.2, -0.15) is 0 Å². The highest BCUT2D eigenvalue weighted by molar-refractivity contribution is 6.30. The summed E-state index contributed by atoms with van der Waals surface area (Å²) < 4.78 is 4.86. The molecule has 0 saturated carbocycles. The molecule has 6 rings (SSSR count). The highest BCUT2D eigenvalue weighted by Gasteiger charge is 2.27. The van der Waals surface area contributed by atoms with E-state index in [9.17, 15) is 9.59 Å². The summed E-state index contributed by atoms with van der Waals surface area (Å²) in [4.78, 5) is 36.7. The van der Waals surface area contributed by atoms with Crippen LogP contribution >= 0.6 is 11.6 Å². The first-order valence-electron chi connectivity index (χ1n) is 11.8. The lowest BCUT2D eigenvalue weighted by Crippen LogP contribution is -2.23. The molecule has 0 aliphatic carbocycles. The molecule has 0 radical (unpaired) electrons. The summed E-state index contributed by atoms with van der Waals surface area (Å²) in [6, 6.07) is 23.6. The Kier molecular flexibility index (Phi) is 5.50. The number of nitrogens with one attached hydrogen (secondary N) is 1. The Labute approximate surface area is 221 Å². The molecule has 0 bridgehead atoms. The molecule has 0 fully saturated rings. The van der Waals surface area contributed by atoms with Gasteiger partial charge < -0.3 is 11.1 Å². The quantitative estimate of drug-likeness (QED) is 0.342. The number of benzene rings is 3. The number of hydrogen-bond donors (Lipinski definition) is 2. The van der Waals surface area contributed by atoms with Gasteiger partial charge in [0.1, 0.15) is 22.6 Å². The minimum Gasteiger partial charge on any atom is -0.384 e. The third-order valence-electron chi connectivity index (χ3n) is 6.60. The molecule has 0 atom stereocenters. The van der Waals surface area contributed by atoms with E-state index >= 15 is 0 Å². The van der Waals surface area contributed by atoms with Crippen LogP contribution in [-0.2, 0) is 7.05 Å². The van der Waals surface area contributed by atoms with E-state index in [0.29, 0.717) is 44.3 Å². The molecule has 0 aliphatic rings. The average molecular weight is 524 g/mol. The monoisotopic (exact) mass is 523 g/mol. The lowest BCUT2D eigenvalue weighted by molar-refractivity contribution is 0.102. The summed E-state index contributed by atoms with van der Waals surface area (Å²) in [7, 11) is 1.76. The van der Waals surface area contributed by atoms with Crippen LogP contribution in [0.25, 0.3) is 33.6 Å². The molecule has 0 aliphatic heterocycles. The van der Waals surface area contributed by atoms with Gasteiger partial charge in [0.2, 0.25) is 0 Å². The van der Waals surface area contributed by atoms with Gasteiger partial charge in [-0.3, -0.25) is 18.8 Å². The minimum atomic E-state index is -0.559. The first-order chi connectivity index (χ1) is 18.3. The topological polar surface area (TPSA) is 113 Å². The smallest absolute Gasteiger partial charge is 0.295 e. The zero-order chi connectivity index (χ0) is 26.6. The zero-order valence-electron chi connectivity index (χ0n) is 20.5. The van der Waals surface area contributed by atoms with E-state index in [-0.39, 0.29) is 22.6 Å². The predicted molar refractivity (Wildman–Crippen MR) is 149 cm³/mol. The molecular formula is C28H22ClN7O2. The molecule has 1 amide bonds. The molecule has 10 heteroatoms. The molecular weight excluding hydrogens is 502 g/mol. The molecule has 3 aromatic heterocycles. The van der Waals surface area contributed by atoms with Gasteiger partial charge in [0.05, 0.1) is 22.4 Å². The maximum Gasteiger partial charge on any atom is 0.295 e. The van der Waals surface area contributed by atoms with Gasteiger partial charge in [0.15, 0.2) is 5.65 Å². The fraction of sp³-hybridized carbons (Fsp3) is 0.0714. The molecule has 188 valence electrons. The Morgan fingerprint density at radius 3 is 2.21 bits per heavy atom. The van der Waals surface area contributed by atoms with Gasteiger partial charge in [-0.05, 0) is 55.5 Å². The first-order valence-corrected chi connectivity index (χ1v) is 12.2. The van der Waals surface area contributed by atoms with Crippen LogP contribution in [0.15, 0.2) is 83.7 Å². The van der Waals surface area contributed by atoms with E-state index in [1.807, 2.05) is 54.6 Å². The van der Waals surface area contributed by atoms with Gasteiger partial charge in [-0.1, -0.05) is 41.9 Å². The standard InChI is InChI=1S/C28H22ClN7O2/c1-16-23(28(38)36(34(16)2)19-8-4-3-5-9-19)33-27(37)22-24-26(32-21-11-7-6-10-20(21)31-24)35(25(22)30)18-14-12-17(29)13-15-18/h3-15H,30H2,1-2H3,(H,33,37). The Morgan fingerprint density at radius 2 is 1.53 bits per heavy atom. The number of nitrogens with zero attached hydrogens (tertiary/aromatic N) is 5. The van der Waals surface area contributed by atoms with E-state index in [1.165, 1.54) is 4.68 Å². The summed E-state index contributed by atoms with van der Waals surface area (Å²) in [6.45, 7) is 1.77. The number of halogens is 1. The SMILES string of the molecule is Cc1c(NC(=O)c2c(N)n(-c3ccc(Cl)cc3)c3nc4ccccc4nc23)c(=O)n(-c2ccccc2)n1C. The Balaban J connectivity index is 1.53. The number of para-hydroxylation sites is 3. The van der Waals surface area contributed by atoms with Crippen LogP contribution in [0, 0.1) is 6.92 Å². The number of nitrogen functional groups attached to an aromatic ring is 1. The zero-order valence-corrected chi connectivity index (χ0v) is 21.3. The van der Waals surface area contributed by atoms with Crippen LogP contribution in [0.1, 0.15) is 16.1 Å². The van der Waals surface area contributed by atoms with Gasteiger partial charge in [-0.25, -0.2) is 14.6 Å². The number of carbonyl (C=O) groups excluding carboxylic acids is 1. The number of rotatable bonds is 4. The third-order valence-corrected chi connectivity index (χ3v) is 6.85. The average Bonchev–Trinajstić information content (AvgIpc) is 3.32. The molecule has 3 aromatic carbocycles. The van der Waals surface area contributed by atoms with Crippen LogP contribution in [0.3, 0.4) is 0 Å². The van der Waals surface area contributed by atoms with Crippen molar-refractivity contribution in [3.05, 3.63) is 105 Å². The fourth-order valence-corrected chi connectivity index (χ4v) is 4.75. The van der Waals surface area contributed by atoms with Crippen LogP contribution in [0.5, 0.6) is 0 Å². The highest BCUT2D eigenvalue weighted by atomic mass is 35.5. The third kappa shape index (κ3) is 3.63. The number of carbonyl (C=O) groups is 1. The van der Waals surface area contributed by atoms with E-state index in [2.05, 4.69) is 5.32 Å². The second-order valence-corrected chi connectivity index (χ2v) is 9.28. The van der Waals surface area contributed by atoms with Crippen molar-refractivity contribution in [1.29, 1.82) is 0 Å². The van der Waals surface area contributed by atoms with E-state index in [4.69, 9.17) is 27.3 Å². The number of nitrogens with two attached hydrogens (primary N) is 1. The fourth-order valence-electron chi connectivity index (χ4n) is 4.63. The minimum absolute atomic E-state index is 0.127. The molecule has 9 nitrogen and oxygen atoms in total. The Morgan fingerprint density at radius 1 is 0.895 bits per heavy atom. The Hall–Kier alpha value is -4.89. The number of anilines is 2. The number of amides is 1. The molecule has 6 aromatic rings. The molecule has 3 heterocycles. The van der Waals surface area contributed by atoms with E-state index in [0.717, 1.165) is 0 Å². The van der Waals surface area contributed by atoms with Gasteiger partial charge in [-0.15, -0.1) is 0 Å². The lowest BCUT2D eigenvalue weighted by atomic mass is 10.2. The van der Waals surface area contributed by atoms with Crippen LogP contribution in [0.2, 0.25) is 5.02 Å². The van der Waals surface area contributed by atoms with Crippen molar-refractivity contribution in [1.82, 2.24) is 23.9 Å². The summed E-state index contributed by atoms with van der Waals surface area (Å²) in [5.74, 6) is -0.414. The molecule has 0 spiro atoms. The Bertz CT molecular complexity index is 1920. The van der Waals surface area contributed by atoms with Gasteiger partial charge in [0.25, 0.3) is 11.5 Å². The maximum atomic E-state index is 13.8. The van der Waals surface area contributed by atoms with Gasteiger partial charge >= 0.3 is 0 Å². The number of aromatic nitrogens is 5. The number of hydrogen-bond acceptors (Lipinski definition) is 5. The second kappa shape index (κ2) is 8.89. The van der Waals surface area contributed by atoms with Gasteiger partial charge in [0, 0.05) is 17.8 Å². The van der Waals surface area contributed by atoms with Crippen molar-refractivity contribution in [3.8, 4) is 11.4 Å². The van der Waals surface area contributed by atoms with Crippen LogP contribution < -0.4 is 16.6 Å². The van der Waals surface area contributed by atoms with Crippen LogP contribution in [0.4, 0.5) is 11.5 Å². The second-order valence-electron chi connectivity index (χ2n) is 8.85. The van der Waals surface area contributed by atoms with Crippen molar-refractivity contribution in [2.45, 2.75) is 6.92 Å². The summed E-state index contributed by atoms with van der Waals surface area (Å²) in [6.07, 6.45) is 0. The molecule has 0 saturated heterocycles. The normalized spacial score (nSPS) is 11.3. The van der Waals surface area contributed by atoms with E-state index in [1.54, 1.807) is 47.5 Å². The summed E-state index contributed by atoms with van der Waals surface area (Å²) >= 11 is 6.10. The lowest BCUT2D eigenvalue weighted by Gasteiger charge is -2.08. The van der Waals surface area contributed by atoms with Crippen LogP contribution in [-0.4, -0.2) is 29.8 Å². The largest absolute Gasteiger partial charge is 0.384 e. The summed E-state index contributed by atoms with van der Waals surface area (Å²) in [5, 5.41) is 3.37.